The summed E-state index contributed by atoms with van der Waals surface area (Å²) in [6, 6.07) is 0. The first-order chi connectivity index (χ1) is 15.6. The lowest BCUT2D eigenvalue weighted by Crippen LogP contribution is -2.39. The minimum Gasteiger partial charge on any atom is -0.462 e. The Morgan fingerprint density at radius 2 is 1.58 bits per heavy atom. The number of aliphatic hydroxyl groups is 5. The van der Waals surface area contributed by atoms with Crippen molar-refractivity contribution in [3.8, 4) is 0 Å². The monoisotopic (exact) mass is 478 g/mol. The number of carbonyl (C=O) groups is 2. The van der Waals surface area contributed by atoms with Gasteiger partial charge in [0.15, 0.2) is 6.29 Å². The zero-order chi connectivity index (χ0) is 25.1. The minimum absolute atomic E-state index is 0.0320. The van der Waals surface area contributed by atoms with Gasteiger partial charge in [0.05, 0.1) is 31.3 Å². The molecule has 10 nitrogen and oxygen atoms in total. The number of ether oxygens (including phenoxy) is 3. The maximum atomic E-state index is 12.5. The van der Waals surface area contributed by atoms with Crippen LogP contribution in [0.15, 0.2) is 0 Å². The Labute approximate surface area is 195 Å². The molecule has 1 saturated heterocycles. The van der Waals surface area contributed by atoms with Gasteiger partial charge in [0.2, 0.25) is 0 Å². The summed E-state index contributed by atoms with van der Waals surface area (Å²) in [4.78, 5) is 23.1. The van der Waals surface area contributed by atoms with E-state index < -0.39 is 61.6 Å². The highest BCUT2D eigenvalue weighted by Gasteiger charge is 2.44. The molecule has 1 fully saturated rings. The van der Waals surface area contributed by atoms with Gasteiger partial charge < -0.3 is 44.5 Å². The summed E-state index contributed by atoms with van der Waals surface area (Å²) in [6.45, 7) is 7.16. The van der Waals surface area contributed by atoms with Crippen molar-refractivity contribution in [3.05, 3.63) is 0 Å². The van der Waals surface area contributed by atoms with Crippen molar-refractivity contribution in [1.82, 2.24) is 0 Å². The zero-order valence-corrected chi connectivity index (χ0v) is 20.1. The summed E-state index contributed by atoms with van der Waals surface area (Å²) in [5.74, 6) is -0.708. The first-order valence-corrected chi connectivity index (χ1v) is 11.8. The molecule has 0 aliphatic carbocycles. The fourth-order valence-corrected chi connectivity index (χ4v) is 3.73. The van der Waals surface area contributed by atoms with Gasteiger partial charge in [0, 0.05) is 19.3 Å². The second kappa shape index (κ2) is 15.0. The SMILES string of the molecule is CC[C@@H](C)[C@H](CC(O)CC=O)OC(=O)C[C@@H](O)C[C@H](O[C@@H]1O[C@@H](CO)[C@H](O)[C@H]1O)[C@H](C)CC. The molecule has 0 bridgehead atoms. The van der Waals surface area contributed by atoms with Crippen LogP contribution in [0.1, 0.15) is 66.2 Å². The van der Waals surface area contributed by atoms with E-state index >= 15 is 0 Å². The molecule has 1 aliphatic heterocycles. The topological polar surface area (TPSA) is 163 Å². The van der Waals surface area contributed by atoms with Crippen LogP contribution >= 0.6 is 0 Å². The average molecular weight is 479 g/mol. The van der Waals surface area contributed by atoms with Crippen LogP contribution in [0.25, 0.3) is 0 Å². The molecule has 0 spiro atoms. The predicted octanol–water partition coefficient (Wildman–Crippen LogP) is 0.296. The number of aldehydes is 1. The zero-order valence-electron chi connectivity index (χ0n) is 20.1. The van der Waals surface area contributed by atoms with E-state index in [1.165, 1.54) is 0 Å². The summed E-state index contributed by atoms with van der Waals surface area (Å²) in [7, 11) is 0. The van der Waals surface area contributed by atoms with Crippen LogP contribution in [0.3, 0.4) is 0 Å². The smallest absolute Gasteiger partial charge is 0.308 e. The van der Waals surface area contributed by atoms with Crippen molar-refractivity contribution < 1.29 is 49.3 Å². The Kier molecular flexibility index (Phi) is 13.6. The molecule has 10 heteroatoms. The molecule has 1 rings (SSSR count). The van der Waals surface area contributed by atoms with Gasteiger partial charge in [-0.15, -0.1) is 0 Å². The highest BCUT2D eigenvalue weighted by atomic mass is 16.7. The van der Waals surface area contributed by atoms with Gasteiger partial charge in [-0.3, -0.25) is 4.79 Å². The third kappa shape index (κ3) is 9.56. The predicted molar refractivity (Wildman–Crippen MR) is 118 cm³/mol. The summed E-state index contributed by atoms with van der Waals surface area (Å²) < 4.78 is 16.7. The van der Waals surface area contributed by atoms with Gasteiger partial charge >= 0.3 is 5.97 Å². The molecule has 10 atom stereocenters. The standard InChI is InChI=1S/C23H42O10/c1-5-13(3)17(9-15(26)7-8-24)31-20(28)11-16(27)10-18(14(4)6-2)32-23-22(30)21(29)19(12-25)33-23/h8,13-19,21-23,25-27,29-30H,5-7,9-12H2,1-4H3/t13-,14-,15?,16+,17+,18+,19+,21+,22-,23-/m1/s1. The summed E-state index contributed by atoms with van der Waals surface area (Å²) in [5.41, 5.74) is 0. The molecule has 0 amide bonds. The van der Waals surface area contributed by atoms with Crippen LogP contribution in [-0.4, -0.2) is 93.4 Å². The quantitative estimate of drug-likeness (QED) is 0.154. The van der Waals surface area contributed by atoms with Gasteiger partial charge in [0.1, 0.15) is 30.7 Å². The Morgan fingerprint density at radius 3 is 2.09 bits per heavy atom. The number of rotatable bonds is 16. The molecule has 33 heavy (non-hydrogen) atoms. The Morgan fingerprint density at radius 1 is 1.00 bits per heavy atom. The van der Waals surface area contributed by atoms with E-state index in [1.54, 1.807) is 0 Å². The van der Waals surface area contributed by atoms with E-state index in [2.05, 4.69) is 0 Å². The van der Waals surface area contributed by atoms with Gasteiger partial charge in [-0.25, -0.2) is 0 Å². The highest BCUT2D eigenvalue weighted by Crippen LogP contribution is 2.28. The number of aliphatic hydroxyl groups excluding tert-OH is 5. The maximum Gasteiger partial charge on any atom is 0.308 e. The molecule has 0 saturated carbocycles. The van der Waals surface area contributed by atoms with E-state index in [0.29, 0.717) is 19.1 Å². The lowest BCUT2D eigenvalue weighted by molar-refractivity contribution is -0.208. The maximum absolute atomic E-state index is 12.5. The lowest BCUT2D eigenvalue weighted by atomic mass is 9.94. The third-order valence-corrected chi connectivity index (χ3v) is 6.43. The number of hydrogen-bond donors (Lipinski definition) is 5. The van der Waals surface area contributed by atoms with Crippen LogP contribution in [0.5, 0.6) is 0 Å². The molecule has 0 aromatic heterocycles. The van der Waals surface area contributed by atoms with Crippen molar-refractivity contribution in [1.29, 1.82) is 0 Å². The molecule has 5 N–H and O–H groups in total. The molecule has 0 aromatic rings. The van der Waals surface area contributed by atoms with Gasteiger partial charge in [-0.2, -0.15) is 0 Å². The molecular weight excluding hydrogens is 436 g/mol. The normalized spacial score (nSPS) is 28.5. The van der Waals surface area contributed by atoms with Crippen LogP contribution in [-0.2, 0) is 23.8 Å². The molecule has 0 aromatic carbocycles. The van der Waals surface area contributed by atoms with Crippen molar-refractivity contribution in [2.24, 2.45) is 11.8 Å². The molecule has 1 heterocycles. The van der Waals surface area contributed by atoms with Gasteiger partial charge in [-0.05, 0) is 11.8 Å². The molecule has 1 aliphatic rings. The van der Waals surface area contributed by atoms with Crippen molar-refractivity contribution >= 4 is 12.3 Å². The molecular formula is C23H42O10. The second-order valence-corrected chi connectivity index (χ2v) is 9.07. The average Bonchev–Trinajstić information content (AvgIpc) is 3.04. The summed E-state index contributed by atoms with van der Waals surface area (Å²) >= 11 is 0. The first kappa shape index (κ1) is 29.9. The molecule has 194 valence electrons. The van der Waals surface area contributed by atoms with E-state index in [1.807, 2.05) is 27.7 Å². The number of esters is 1. The minimum atomic E-state index is -1.34. The Bertz CT molecular complexity index is 573. The second-order valence-electron chi connectivity index (χ2n) is 9.07. The first-order valence-electron chi connectivity index (χ1n) is 11.8. The van der Waals surface area contributed by atoms with Crippen LogP contribution in [0, 0.1) is 11.8 Å². The van der Waals surface area contributed by atoms with Crippen molar-refractivity contribution in [2.75, 3.05) is 6.61 Å². The van der Waals surface area contributed by atoms with E-state index in [4.69, 9.17) is 14.2 Å². The molecule has 1 unspecified atom stereocenters. The molecule has 0 radical (unpaired) electrons. The fraction of sp³-hybridized carbons (Fsp3) is 0.913. The summed E-state index contributed by atoms with van der Waals surface area (Å²) in [6.07, 6.45) is -6.01. The highest BCUT2D eigenvalue weighted by molar-refractivity contribution is 5.70. The van der Waals surface area contributed by atoms with Gasteiger partial charge in [0.25, 0.3) is 0 Å². The lowest BCUT2D eigenvalue weighted by Gasteiger charge is -2.30. The van der Waals surface area contributed by atoms with Crippen LogP contribution in [0.4, 0.5) is 0 Å². The summed E-state index contributed by atoms with van der Waals surface area (Å²) in [5, 5.41) is 49.8. The van der Waals surface area contributed by atoms with E-state index in [-0.39, 0.29) is 37.5 Å². The number of hydrogen-bond acceptors (Lipinski definition) is 10. The van der Waals surface area contributed by atoms with Crippen molar-refractivity contribution in [3.63, 3.8) is 0 Å². The van der Waals surface area contributed by atoms with E-state index in [9.17, 15) is 35.1 Å². The Hall–Kier alpha value is -1.14. The van der Waals surface area contributed by atoms with Crippen LogP contribution < -0.4 is 0 Å². The third-order valence-electron chi connectivity index (χ3n) is 6.43. The largest absolute Gasteiger partial charge is 0.462 e. The Balaban J connectivity index is 2.70. The number of carbonyl (C=O) groups excluding carboxylic acids is 2. The van der Waals surface area contributed by atoms with Gasteiger partial charge in [-0.1, -0.05) is 40.5 Å². The fourth-order valence-electron chi connectivity index (χ4n) is 3.73. The van der Waals surface area contributed by atoms with Crippen LogP contribution in [0.2, 0.25) is 0 Å². The van der Waals surface area contributed by atoms with Crippen molar-refractivity contribution in [2.45, 2.75) is 115 Å². The van der Waals surface area contributed by atoms with E-state index in [0.717, 1.165) is 0 Å².